The van der Waals surface area contributed by atoms with E-state index < -0.39 is 0 Å². The molecule has 3 aromatic carbocycles. The van der Waals surface area contributed by atoms with Gasteiger partial charge in [0.15, 0.2) is 0 Å². The van der Waals surface area contributed by atoms with Crippen molar-refractivity contribution >= 4 is 22.4 Å². The number of hydrogen-bond donors (Lipinski definition) is 1. The van der Waals surface area contributed by atoms with Crippen LogP contribution in [0.5, 0.6) is 0 Å². The largest absolute Gasteiger partial charge is 0.320 e. The Kier molecular flexibility index (Phi) is 4.34. The zero-order valence-corrected chi connectivity index (χ0v) is 14.4. The number of aromatic nitrogens is 1. The number of nitriles is 1. The van der Waals surface area contributed by atoms with Gasteiger partial charge in [0.2, 0.25) is 0 Å². The molecule has 1 aromatic heterocycles. The summed E-state index contributed by atoms with van der Waals surface area (Å²) in [7, 11) is 0. The monoisotopic (exact) mass is 349 g/mol. The zero-order valence-electron chi connectivity index (χ0n) is 14.4. The third-order valence-corrected chi connectivity index (χ3v) is 4.39. The number of carbonyl (C=O) groups excluding carboxylic acids is 1. The van der Waals surface area contributed by atoms with Crippen LogP contribution in [0.3, 0.4) is 0 Å². The summed E-state index contributed by atoms with van der Waals surface area (Å²) in [5, 5.41) is 14.1. The second-order valence-electron chi connectivity index (χ2n) is 6.04. The number of carbonyl (C=O) groups is 1. The average molecular weight is 349 g/mol. The van der Waals surface area contributed by atoms with E-state index >= 15 is 0 Å². The summed E-state index contributed by atoms with van der Waals surface area (Å²) in [6.45, 7) is 0. The third kappa shape index (κ3) is 3.14. The lowest BCUT2D eigenvalue weighted by Gasteiger charge is -2.13. The van der Waals surface area contributed by atoms with Crippen molar-refractivity contribution in [2.45, 2.75) is 0 Å². The van der Waals surface area contributed by atoms with Crippen LogP contribution in [0.1, 0.15) is 16.1 Å². The molecule has 0 atom stereocenters. The molecule has 0 unspecified atom stereocenters. The summed E-state index contributed by atoms with van der Waals surface area (Å²) in [4.78, 5) is 16.6. The average Bonchev–Trinajstić information content (AvgIpc) is 2.74. The second kappa shape index (κ2) is 7.11. The van der Waals surface area contributed by atoms with Gasteiger partial charge in [-0.05, 0) is 40.8 Å². The molecule has 1 N–H and O–H groups in total. The highest BCUT2D eigenvalue weighted by molar-refractivity contribution is 6.12. The Bertz CT molecular complexity index is 1160. The van der Waals surface area contributed by atoms with Crippen molar-refractivity contribution in [2.24, 2.45) is 0 Å². The molecule has 4 nitrogen and oxygen atoms in total. The van der Waals surface area contributed by atoms with E-state index in [0.29, 0.717) is 16.9 Å². The SMILES string of the molecule is N#Cc1ccc(-c2ccccc2)c2cccc(NC(=O)c3ccccn3)c12. The van der Waals surface area contributed by atoms with Crippen molar-refractivity contribution in [1.82, 2.24) is 4.98 Å². The highest BCUT2D eigenvalue weighted by Gasteiger charge is 2.14. The molecule has 0 bridgehead atoms. The van der Waals surface area contributed by atoms with Crippen LogP contribution in [0.25, 0.3) is 21.9 Å². The van der Waals surface area contributed by atoms with Gasteiger partial charge in [-0.2, -0.15) is 5.26 Å². The van der Waals surface area contributed by atoms with Crippen LogP contribution in [0.2, 0.25) is 0 Å². The van der Waals surface area contributed by atoms with Gasteiger partial charge in [-0.15, -0.1) is 0 Å². The molecule has 0 radical (unpaired) electrons. The molecule has 1 heterocycles. The van der Waals surface area contributed by atoms with Gasteiger partial charge < -0.3 is 5.32 Å². The van der Waals surface area contributed by atoms with Crippen LogP contribution in [0.4, 0.5) is 5.69 Å². The molecule has 0 fully saturated rings. The van der Waals surface area contributed by atoms with Gasteiger partial charge in [-0.1, -0.05) is 54.6 Å². The Hall–Kier alpha value is -3.97. The standard InChI is InChI=1S/C23H15N3O/c24-15-17-12-13-18(16-7-2-1-3-8-16)19-9-6-11-20(22(17)19)26-23(27)21-10-4-5-14-25-21/h1-14H,(H,26,27). The topological polar surface area (TPSA) is 65.8 Å². The van der Waals surface area contributed by atoms with Crippen molar-refractivity contribution in [1.29, 1.82) is 5.26 Å². The Morgan fingerprint density at radius 3 is 2.44 bits per heavy atom. The van der Waals surface area contributed by atoms with Gasteiger partial charge in [0.1, 0.15) is 5.69 Å². The molecule has 4 heteroatoms. The lowest BCUT2D eigenvalue weighted by atomic mass is 9.94. The highest BCUT2D eigenvalue weighted by Crippen LogP contribution is 2.35. The molecule has 4 aromatic rings. The number of pyridine rings is 1. The number of hydrogen-bond acceptors (Lipinski definition) is 3. The summed E-state index contributed by atoms with van der Waals surface area (Å²) in [5.74, 6) is -0.308. The molecule has 27 heavy (non-hydrogen) atoms. The number of rotatable bonds is 3. The molecule has 4 rings (SSSR count). The summed E-state index contributed by atoms with van der Waals surface area (Å²) in [6, 6.07) is 26.8. The first-order valence-electron chi connectivity index (χ1n) is 8.51. The number of nitrogens with zero attached hydrogens (tertiary/aromatic N) is 2. The Morgan fingerprint density at radius 1 is 0.889 bits per heavy atom. The van der Waals surface area contributed by atoms with E-state index in [-0.39, 0.29) is 5.91 Å². The molecule has 0 aliphatic carbocycles. The predicted octanol–water partition coefficient (Wildman–Crippen LogP) is 5.03. The smallest absolute Gasteiger partial charge is 0.274 e. The number of amides is 1. The van der Waals surface area contributed by atoms with Crippen LogP contribution >= 0.6 is 0 Å². The van der Waals surface area contributed by atoms with Crippen molar-refractivity contribution < 1.29 is 4.79 Å². The highest BCUT2D eigenvalue weighted by atomic mass is 16.1. The lowest BCUT2D eigenvalue weighted by molar-refractivity contribution is 0.102. The first kappa shape index (κ1) is 16.5. The normalized spacial score (nSPS) is 10.3. The van der Waals surface area contributed by atoms with Crippen LogP contribution in [0, 0.1) is 11.3 Å². The summed E-state index contributed by atoms with van der Waals surface area (Å²) in [6.07, 6.45) is 1.58. The molecule has 128 valence electrons. The van der Waals surface area contributed by atoms with Gasteiger partial charge in [0.05, 0.1) is 17.3 Å². The molecule has 0 spiro atoms. The molecule has 0 aliphatic rings. The number of fused-ring (bicyclic) bond motifs is 1. The van der Waals surface area contributed by atoms with E-state index in [9.17, 15) is 10.1 Å². The summed E-state index contributed by atoms with van der Waals surface area (Å²) >= 11 is 0. The fourth-order valence-corrected chi connectivity index (χ4v) is 3.16. The molecule has 0 saturated carbocycles. The number of anilines is 1. The zero-order chi connectivity index (χ0) is 18.6. The minimum absolute atomic E-state index is 0.308. The minimum Gasteiger partial charge on any atom is -0.320 e. The number of nitrogens with one attached hydrogen (secondary N) is 1. The van der Waals surface area contributed by atoms with Gasteiger partial charge in [0.25, 0.3) is 5.91 Å². The minimum atomic E-state index is -0.308. The Labute approximate surface area is 156 Å². The van der Waals surface area contributed by atoms with E-state index in [0.717, 1.165) is 21.9 Å². The Balaban J connectivity index is 1.87. The predicted molar refractivity (Wildman–Crippen MR) is 106 cm³/mol. The van der Waals surface area contributed by atoms with Crippen molar-refractivity contribution in [3.05, 3.63) is 96.3 Å². The van der Waals surface area contributed by atoms with Gasteiger partial charge in [-0.25, -0.2) is 0 Å². The fourth-order valence-electron chi connectivity index (χ4n) is 3.16. The maximum atomic E-state index is 12.6. The summed E-state index contributed by atoms with van der Waals surface area (Å²) < 4.78 is 0. The van der Waals surface area contributed by atoms with Gasteiger partial charge >= 0.3 is 0 Å². The second-order valence-corrected chi connectivity index (χ2v) is 6.04. The Morgan fingerprint density at radius 2 is 1.70 bits per heavy atom. The van der Waals surface area contributed by atoms with E-state index in [1.54, 1.807) is 36.5 Å². The fraction of sp³-hybridized carbons (Fsp3) is 0. The van der Waals surface area contributed by atoms with Crippen molar-refractivity contribution in [3.8, 4) is 17.2 Å². The van der Waals surface area contributed by atoms with Crippen LogP contribution in [-0.2, 0) is 0 Å². The van der Waals surface area contributed by atoms with E-state index in [4.69, 9.17) is 0 Å². The van der Waals surface area contributed by atoms with Crippen molar-refractivity contribution in [3.63, 3.8) is 0 Å². The van der Waals surface area contributed by atoms with Crippen LogP contribution in [0.15, 0.2) is 85.1 Å². The maximum absolute atomic E-state index is 12.6. The first-order chi connectivity index (χ1) is 13.3. The molecule has 0 saturated heterocycles. The quantitative estimate of drug-likeness (QED) is 0.564. The number of benzene rings is 3. The lowest BCUT2D eigenvalue weighted by Crippen LogP contribution is -2.13. The van der Waals surface area contributed by atoms with Gasteiger partial charge in [-0.3, -0.25) is 9.78 Å². The molecular weight excluding hydrogens is 334 g/mol. The van der Waals surface area contributed by atoms with E-state index in [2.05, 4.69) is 16.4 Å². The van der Waals surface area contributed by atoms with E-state index in [1.165, 1.54) is 0 Å². The first-order valence-corrected chi connectivity index (χ1v) is 8.51. The van der Waals surface area contributed by atoms with Crippen molar-refractivity contribution in [2.75, 3.05) is 5.32 Å². The van der Waals surface area contributed by atoms with Gasteiger partial charge in [0, 0.05) is 11.6 Å². The summed E-state index contributed by atoms with van der Waals surface area (Å²) in [5.41, 5.74) is 3.50. The van der Waals surface area contributed by atoms with E-state index in [1.807, 2.05) is 48.5 Å². The third-order valence-electron chi connectivity index (χ3n) is 4.39. The van der Waals surface area contributed by atoms with Crippen LogP contribution in [-0.4, -0.2) is 10.9 Å². The molecule has 1 amide bonds. The maximum Gasteiger partial charge on any atom is 0.274 e. The molecule has 0 aliphatic heterocycles. The van der Waals surface area contributed by atoms with Crippen LogP contribution < -0.4 is 5.32 Å². The molecular formula is C23H15N3O.